The van der Waals surface area contributed by atoms with Crippen LogP contribution in [-0.2, 0) is 11.3 Å². The molecule has 3 aromatic rings. The Hall–Kier alpha value is -2.78. The Morgan fingerprint density at radius 1 is 1.04 bits per heavy atom. The van der Waals surface area contributed by atoms with E-state index in [1.54, 1.807) is 6.08 Å². The minimum atomic E-state index is -0.160. The molecular formula is C23H22ClNO2. The Kier molecular flexibility index (Phi) is 6.15. The van der Waals surface area contributed by atoms with Crippen LogP contribution in [0.1, 0.15) is 36.7 Å². The number of carbonyl (C=O) groups excluding carboxylic acids is 1. The first-order chi connectivity index (χ1) is 13.0. The van der Waals surface area contributed by atoms with Gasteiger partial charge in [0.2, 0.25) is 5.91 Å². The summed E-state index contributed by atoms with van der Waals surface area (Å²) >= 11 is 5.90. The van der Waals surface area contributed by atoms with E-state index < -0.39 is 0 Å². The van der Waals surface area contributed by atoms with E-state index in [4.69, 9.17) is 16.0 Å². The van der Waals surface area contributed by atoms with Crippen molar-refractivity contribution >= 4 is 23.6 Å². The number of carbonyl (C=O) groups is 1. The van der Waals surface area contributed by atoms with E-state index >= 15 is 0 Å². The van der Waals surface area contributed by atoms with Crippen molar-refractivity contribution in [3.05, 3.63) is 88.6 Å². The lowest BCUT2D eigenvalue weighted by atomic mass is 10.0. The highest BCUT2D eigenvalue weighted by molar-refractivity contribution is 6.30. The topological polar surface area (TPSA) is 42.2 Å². The van der Waals surface area contributed by atoms with Crippen molar-refractivity contribution in [1.82, 2.24) is 5.32 Å². The number of hydrogen-bond acceptors (Lipinski definition) is 2. The van der Waals surface area contributed by atoms with Crippen molar-refractivity contribution in [3.8, 4) is 11.3 Å². The Morgan fingerprint density at radius 3 is 2.41 bits per heavy atom. The van der Waals surface area contributed by atoms with Gasteiger partial charge in [0, 0.05) is 16.7 Å². The molecule has 0 spiro atoms. The first-order valence-corrected chi connectivity index (χ1v) is 9.29. The molecule has 1 N–H and O–H groups in total. The highest BCUT2D eigenvalue weighted by Crippen LogP contribution is 2.23. The molecule has 2 aromatic carbocycles. The van der Waals surface area contributed by atoms with Crippen molar-refractivity contribution in [2.75, 3.05) is 0 Å². The molecule has 0 fully saturated rings. The molecule has 0 atom stereocenters. The van der Waals surface area contributed by atoms with Gasteiger partial charge in [-0.3, -0.25) is 4.79 Å². The van der Waals surface area contributed by atoms with Crippen LogP contribution in [0.4, 0.5) is 0 Å². The second-order valence-corrected chi connectivity index (χ2v) is 7.08. The number of nitrogens with one attached hydrogen (secondary N) is 1. The average molecular weight is 380 g/mol. The Morgan fingerprint density at radius 2 is 1.74 bits per heavy atom. The smallest absolute Gasteiger partial charge is 0.244 e. The number of rotatable bonds is 6. The highest BCUT2D eigenvalue weighted by Gasteiger charge is 2.06. The summed E-state index contributed by atoms with van der Waals surface area (Å²) in [6.45, 7) is 4.65. The lowest BCUT2D eigenvalue weighted by Gasteiger charge is -2.04. The normalized spacial score (nSPS) is 11.3. The fourth-order valence-electron chi connectivity index (χ4n) is 2.64. The fourth-order valence-corrected chi connectivity index (χ4v) is 2.77. The predicted molar refractivity (Wildman–Crippen MR) is 111 cm³/mol. The van der Waals surface area contributed by atoms with E-state index in [9.17, 15) is 4.79 Å². The average Bonchev–Trinajstić information content (AvgIpc) is 3.14. The van der Waals surface area contributed by atoms with Crippen molar-refractivity contribution < 1.29 is 9.21 Å². The standard InChI is InChI=1S/C23H22ClNO2/c1-16(2)18-6-3-17(4-7-18)5-14-23(26)25-15-21-12-13-22(27-21)19-8-10-20(24)11-9-19/h3-14,16H,15H2,1-2H3,(H,25,26)/b14-5+. The summed E-state index contributed by atoms with van der Waals surface area (Å²) in [7, 11) is 0. The summed E-state index contributed by atoms with van der Waals surface area (Å²) < 4.78 is 5.78. The molecule has 1 aromatic heterocycles. The van der Waals surface area contributed by atoms with Gasteiger partial charge in [-0.2, -0.15) is 0 Å². The van der Waals surface area contributed by atoms with E-state index in [0.29, 0.717) is 23.2 Å². The van der Waals surface area contributed by atoms with Crippen LogP contribution in [-0.4, -0.2) is 5.91 Å². The Labute approximate surface area is 164 Å². The maximum Gasteiger partial charge on any atom is 0.244 e. The third-order valence-corrected chi connectivity index (χ3v) is 4.51. The molecule has 0 aliphatic rings. The van der Waals surface area contributed by atoms with Gasteiger partial charge < -0.3 is 9.73 Å². The number of benzene rings is 2. The molecule has 0 unspecified atom stereocenters. The molecule has 0 aliphatic carbocycles. The third kappa shape index (κ3) is 5.35. The van der Waals surface area contributed by atoms with E-state index in [2.05, 4.69) is 31.3 Å². The summed E-state index contributed by atoms with van der Waals surface area (Å²) in [6.07, 6.45) is 3.34. The number of halogens is 1. The molecule has 1 amide bonds. The van der Waals surface area contributed by atoms with Gasteiger partial charge in [0.15, 0.2) is 0 Å². The lowest BCUT2D eigenvalue weighted by molar-refractivity contribution is -0.116. The van der Waals surface area contributed by atoms with Gasteiger partial charge in [0.05, 0.1) is 6.54 Å². The summed E-state index contributed by atoms with van der Waals surface area (Å²) in [5.74, 6) is 1.78. The quantitative estimate of drug-likeness (QED) is 0.529. The zero-order valence-corrected chi connectivity index (χ0v) is 16.2. The van der Waals surface area contributed by atoms with Gasteiger partial charge in [-0.15, -0.1) is 0 Å². The molecule has 0 bridgehead atoms. The van der Waals surface area contributed by atoms with Crippen LogP contribution in [0.3, 0.4) is 0 Å². The number of amides is 1. The molecule has 1 heterocycles. The minimum absolute atomic E-state index is 0.160. The van der Waals surface area contributed by atoms with E-state index in [1.807, 2.05) is 48.5 Å². The van der Waals surface area contributed by atoms with Crippen molar-refractivity contribution in [2.24, 2.45) is 0 Å². The van der Waals surface area contributed by atoms with Crippen molar-refractivity contribution in [2.45, 2.75) is 26.3 Å². The summed E-state index contributed by atoms with van der Waals surface area (Å²) in [4.78, 5) is 12.0. The summed E-state index contributed by atoms with van der Waals surface area (Å²) in [5, 5.41) is 3.52. The van der Waals surface area contributed by atoms with Crippen LogP contribution in [0, 0.1) is 0 Å². The van der Waals surface area contributed by atoms with Gasteiger partial charge in [-0.1, -0.05) is 49.7 Å². The van der Waals surface area contributed by atoms with Gasteiger partial charge in [-0.25, -0.2) is 0 Å². The third-order valence-electron chi connectivity index (χ3n) is 4.26. The lowest BCUT2D eigenvalue weighted by Crippen LogP contribution is -2.19. The van der Waals surface area contributed by atoms with Crippen LogP contribution in [0.15, 0.2) is 71.2 Å². The second-order valence-electron chi connectivity index (χ2n) is 6.65. The predicted octanol–water partition coefficient (Wildman–Crippen LogP) is 6.05. The molecule has 138 valence electrons. The Balaban J connectivity index is 1.54. The SMILES string of the molecule is CC(C)c1ccc(/C=C/C(=O)NCc2ccc(-c3ccc(Cl)cc3)o2)cc1. The molecule has 0 saturated carbocycles. The number of hydrogen-bond donors (Lipinski definition) is 1. The second kappa shape index (κ2) is 8.74. The van der Waals surface area contributed by atoms with Crippen LogP contribution in [0.5, 0.6) is 0 Å². The summed E-state index contributed by atoms with van der Waals surface area (Å²) in [5.41, 5.74) is 3.23. The van der Waals surface area contributed by atoms with Gasteiger partial charge in [0.25, 0.3) is 0 Å². The van der Waals surface area contributed by atoms with Crippen LogP contribution in [0.2, 0.25) is 5.02 Å². The van der Waals surface area contributed by atoms with Gasteiger partial charge in [-0.05, 0) is 59.5 Å². The van der Waals surface area contributed by atoms with Crippen LogP contribution >= 0.6 is 11.6 Å². The number of furan rings is 1. The summed E-state index contributed by atoms with van der Waals surface area (Å²) in [6, 6.07) is 19.4. The monoisotopic (exact) mass is 379 g/mol. The molecule has 27 heavy (non-hydrogen) atoms. The minimum Gasteiger partial charge on any atom is -0.459 e. The van der Waals surface area contributed by atoms with E-state index in [-0.39, 0.29) is 5.91 Å². The largest absolute Gasteiger partial charge is 0.459 e. The zero-order valence-electron chi connectivity index (χ0n) is 15.4. The molecule has 3 rings (SSSR count). The molecule has 0 aliphatic heterocycles. The molecule has 0 radical (unpaired) electrons. The van der Waals surface area contributed by atoms with Crippen LogP contribution in [0.25, 0.3) is 17.4 Å². The van der Waals surface area contributed by atoms with Gasteiger partial charge >= 0.3 is 0 Å². The molecular weight excluding hydrogens is 358 g/mol. The highest BCUT2D eigenvalue weighted by atomic mass is 35.5. The Bertz CT molecular complexity index is 922. The van der Waals surface area contributed by atoms with E-state index in [0.717, 1.165) is 16.9 Å². The molecule has 0 saturated heterocycles. The van der Waals surface area contributed by atoms with Crippen molar-refractivity contribution in [1.29, 1.82) is 0 Å². The maximum absolute atomic E-state index is 12.0. The maximum atomic E-state index is 12.0. The van der Waals surface area contributed by atoms with Crippen molar-refractivity contribution in [3.63, 3.8) is 0 Å². The molecule has 3 nitrogen and oxygen atoms in total. The van der Waals surface area contributed by atoms with Gasteiger partial charge in [0.1, 0.15) is 11.5 Å². The molecule has 4 heteroatoms. The van der Waals surface area contributed by atoms with E-state index in [1.165, 1.54) is 11.6 Å². The van der Waals surface area contributed by atoms with Crippen LogP contribution < -0.4 is 5.32 Å². The zero-order chi connectivity index (χ0) is 19.2. The first kappa shape index (κ1) is 19.0. The fraction of sp³-hybridized carbons (Fsp3) is 0.174. The first-order valence-electron chi connectivity index (χ1n) is 8.92.